The molecule has 0 aromatic carbocycles. The number of hydrogen-bond acceptors (Lipinski definition) is 6. The summed E-state index contributed by atoms with van der Waals surface area (Å²) < 4.78 is 10.3. The van der Waals surface area contributed by atoms with Gasteiger partial charge in [0.15, 0.2) is 5.41 Å². The largest absolute Gasteiger partial charge is 0.465 e. The van der Waals surface area contributed by atoms with Crippen molar-refractivity contribution >= 4 is 11.9 Å². The molecule has 0 aliphatic heterocycles. The SMILES string of the molecule is CCOC(=O)C(CCC#N)(C(=O)OCC)c1cc(C)nc(C)c1. The lowest BCUT2D eigenvalue weighted by molar-refractivity contribution is -0.165. The molecule has 6 heteroatoms. The van der Waals surface area contributed by atoms with Gasteiger partial charge in [0.2, 0.25) is 0 Å². The minimum atomic E-state index is -1.64. The van der Waals surface area contributed by atoms with Gasteiger partial charge in [0.05, 0.1) is 19.3 Å². The van der Waals surface area contributed by atoms with E-state index in [2.05, 4.69) is 4.98 Å². The van der Waals surface area contributed by atoms with Crippen LogP contribution >= 0.6 is 0 Å². The number of nitriles is 1. The van der Waals surface area contributed by atoms with Gasteiger partial charge in [0.25, 0.3) is 0 Å². The van der Waals surface area contributed by atoms with E-state index in [0.29, 0.717) is 17.0 Å². The van der Waals surface area contributed by atoms with Crippen molar-refractivity contribution in [2.75, 3.05) is 13.2 Å². The van der Waals surface area contributed by atoms with E-state index < -0.39 is 17.4 Å². The molecule has 0 bridgehead atoms. The van der Waals surface area contributed by atoms with Gasteiger partial charge in [-0.1, -0.05) is 0 Å². The average Bonchev–Trinajstić information content (AvgIpc) is 2.47. The second-order valence-corrected chi connectivity index (χ2v) is 5.14. The van der Waals surface area contributed by atoms with Crippen LogP contribution in [0.3, 0.4) is 0 Å². The summed E-state index contributed by atoms with van der Waals surface area (Å²) in [6.07, 6.45) is 0.0299. The summed E-state index contributed by atoms with van der Waals surface area (Å²) in [7, 11) is 0. The Morgan fingerprint density at radius 2 is 1.61 bits per heavy atom. The number of nitrogens with zero attached hydrogens (tertiary/aromatic N) is 2. The number of ether oxygens (including phenoxy) is 2. The quantitative estimate of drug-likeness (QED) is 0.566. The number of rotatable bonds is 7. The third kappa shape index (κ3) is 4.07. The Morgan fingerprint density at radius 1 is 1.13 bits per heavy atom. The molecule has 124 valence electrons. The Kier molecular flexibility index (Phi) is 6.70. The third-order valence-corrected chi connectivity index (χ3v) is 3.43. The Morgan fingerprint density at radius 3 is 2.00 bits per heavy atom. The zero-order chi connectivity index (χ0) is 17.5. The molecule has 0 aliphatic rings. The van der Waals surface area contributed by atoms with Crippen LogP contribution in [0.4, 0.5) is 0 Å². The molecule has 0 aliphatic carbocycles. The van der Waals surface area contributed by atoms with E-state index in [9.17, 15) is 9.59 Å². The van der Waals surface area contributed by atoms with Gasteiger partial charge in [-0.05, 0) is 51.8 Å². The molecular weight excluding hydrogens is 296 g/mol. The molecule has 0 fully saturated rings. The average molecular weight is 318 g/mol. The molecule has 0 N–H and O–H groups in total. The highest BCUT2D eigenvalue weighted by molar-refractivity contribution is 6.06. The molecule has 1 aromatic heterocycles. The topological polar surface area (TPSA) is 89.3 Å². The maximum atomic E-state index is 12.7. The van der Waals surface area contributed by atoms with Crippen LogP contribution in [0.25, 0.3) is 0 Å². The van der Waals surface area contributed by atoms with Crippen molar-refractivity contribution in [2.24, 2.45) is 0 Å². The fourth-order valence-corrected chi connectivity index (χ4v) is 2.50. The minimum absolute atomic E-state index is 0.00403. The van der Waals surface area contributed by atoms with Gasteiger partial charge in [0.1, 0.15) is 0 Å². The molecule has 1 aromatic rings. The fraction of sp³-hybridized carbons (Fsp3) is 0.529. The molecule has 0 saturated carbocycles. The second kappa shape index (κ2) is 8.28. The van der Waals surface area contributed by atoms with Gasteiger partial charge >= 0.3 is 11.9 Å². The molecule has 23 heavy (non-hydrogen) atoms. The molecule has 1 heterocycles. The van der Waals surface area contributed by atoms with E-state index in [1.165, 1.54) is 0 Å². The maximum absolute atomic E-state index is 12.7. The summed E-state index contributed by atoms with van der Waals surface area (Å²) in [5.74, 6) is -1.39. The maximum Gasteiger partial charge on any atom is 0.328 e. The fourth-order valence-electron chi connectivity index (χ4n) is 2.50. The van der Waals surface area contributed by atoms with E-state index in [1.807, 2.05) is 6.07 Å². The van der Waals surface area contributed by atoms with Crippen LogP contribution in [-0.4, -0.2) is 30.1 Å². The Labute approximate surface area is 136 Å². The Hall–Kier alpha value is -2.42. The summed E-state index contributed by atoms with van der Waals surface area (Å²) in [6.45, 7) is 7.16. The number of carbonyl (C=O) groups excluding carboxylic acids is 2. The Balaban J connectivity index is 3.55. The highest BCUT2D eigenvalue weighted by Gasteiger charge is 2.50. The van der Waals surface area contributed by atoms with Gasteiger partial charge in [-0.15, -0.1) is 0 Å². The summed E-state index contributed by atoms with van der Waals surface area (Å²) in [5, 5.41) is 8.94. The van der Waals surface area contributed by atoms with Crippen molar-refractivity contribution in [3.05, 3.63) is 29.1 Å². The van der Waals surface area contributed by atoms with Crippen LogP contribution in [0, 0.1) is 25.2 Å². The normalized spacial score (nSPS) is 10.7. The highest BCUT2D eigenvalue weighted by Crippen LogP contribution is 2.34. The number of carbonyl (C=O) groups is 2. The van der Waals surface area contributed by atoms with Crippen LogP contribution in [0.1, 0.15) is 43.6 Å². The number of aryl methyl sites for hydroxylation is 2. The monoisotopic (exact) mass is 318 g/mol. The van der Waals surface area contributed by atoms with Crippen molar-refractivity contribution < 1.29 is 19.1 Å². The number of hydrogen-bond donors (Lipinski definition) is 0. The number of pyridine rings is 1. The van der Waals surface area contributed by atoms with E-state index in [0.717, 1.165) is 0 Å². The van der Waals surface area contributed by atoms with Crippen LogP contribution in [0.5, 0.6) is 0 Å². The van der Waals surface area contributed by atoms with Crippen molar-refractivity contribution in [3.63, 3.8) is 0 Å². The minimum Gasteiger partial charge on any atom is -0.465 e. The van der Waals surface area contributed by atoms with Crippen molar-refractivity contribution in [2.45, 2.75) is 46.0 Å². The first-order chi connectivity index (χ1) is 10.9. The van der Waals surface area contributed by atoms with Crippen molar-refractivity contribution in [1.29, 1.82) is 5.26 Å². The van der Waals surface area contributed by atoms with Gasteiger partial charge in [0, 0.05) is 17.8 Å². The smallest absolute Gasteiger partial charge is 0.328 e. The molecule has 0 saturated heterocycles. The van der Waals surface area contributed by atoms with Gasteiger partial charge < -0.3 is 9.47 Å². The van der Waals surface area contributed by atoms with E-state index in [1.54, 1.807) is 39.8 Å². The standard InChI is InChI=1S/C17H22N2O4/c1-5-22-15(20)17(8-7-9-18,16(21)23-6-2)14-10-12(3)19-13(4)11-14/h10-11H,5-8H2,1-4H3. The molecule has 1 rings (SSSR count). The van der Waals surface area contributed by atoms with Gasteiger partial charge in [-0.25, -0.2) is 0 Å². The van der Waals surface area contributed by atoms with E-state index in [4.69, 9.17) is 14.7 Å². The molecule has 6 nitrogen and oxygen atoms in total. The molecule has 0 atom stereocenters. The highest BCUT2D eigenvalue weighted by atomic mass is 16.6. The summed E-state index contributed by atoms with van der Waals surface area (Å²) in [5.41, 5.74) is 0.166. The van der Waals surface area contributed by atoms with Gasteiger partial charge in [-0.3, -0.25) is 14.6 Å². The lowest BCUT2D eigenvalue weighted by atomic mass is 9.76. The van der Waals surface area contributed by atoms with Crippen molar-refractivity contribution in [3.8, 4) is 6.07 Å². The Bertz CT molecular complexity index is 581. The first-order valence-corrected chi connectivity index (χ1v) is 7.59. The predicted molar refractivity (Wildman–Crippen MR) is 83.5 cm³/mol. The molecular formula is C17H22N2O4. The lowest BCUT2D eigenvalue weighted by Gasteiger charge is -2.29. The van der Waals surface area contributed by atoms with Crippen LogP contribution in [-0.2, 0) is 24.5 Å². The first kappa shape index (κ1) is 18.6. The molecule has 0 radical (unpaired) electrons. The zero-order valence-corrected chi connectivity index (χ0v) is 14.0. The number of esters is 2. The van der Waals surface area contributed by atoms with Crippen LogP contribution in [0.15, 0.2) is 12.1 Å². The summed E-state index contributed by atoms with van der Waals surface area (Å²) >= 11 is 0. The summed E-state index contributed by atoms with van der Waals surface area (Å²) in [6, 6.07) is 5.31. The lowest BCUT2D eigenvalue weighted by Crippen LogP contribution is -2.46. The second-order valence-electron chi connectivity index (χ2n) is 5.14. The molecule has 0 amide bonds. The predicted octanol–water partition coefficient (Wildman–Crippen LogP) is 2.37. The third-order valence-electron chi connectivity index (χ3n) is 3.43. The number of aromatic nitrogens is 1. The molecule has 0 spiro atoms. The van der Waals surface area contributed by atoms with Crippen LogP contribution < -0.4 is 0 Å². The van der Waals surface area contributed by atoms with E-state index in [-0.39, 0.29) is 26.1 Å². The summed E-state index contributed by atoms with van der Waals surface area (Å²) in [4.78, 5) is 29.6. The van der Waals surface area contributed by atoms with Crippen LogP contribution in [0.2, 0.25) is 0 Å². The van der Waals surface area contributed by atoms with Crippen molar-refractivity contribution in [1.82, 2.24) is 4.98 Å². The first-order valence-electron chi connectivity index (χ1n) is 7.59. The van der Waals surface area contributed by atoms with Gasteiger partial charge in [-0.2, -0.15) is 5.26 Å². The van der Waals surface area contributed by atoms with E-state index >= 15 is 0 Å². The zero-order valence-electron chi connectivity index (χ0n) is 14.0. The molecule has 0 unspecified atom stereocenters.